The second-order valence-corrected chi connectivity index (χ2v) is 12.8. The lowest BCUT2D eigenvalue weighted by atomic mass is 9.88. The first kappa shape index (κ1) is 30.2. The number of halogens is 4. The predicted molar refractivity (Wildman–Crippen MR) is 166 cm³/mol. The van der Waals surface area contributed by atoms with E-state index in [1.807, 2.05) is 12.1 Å². The molecule has 0 unspecified atom stereocenters. The minimum Gasteiger partial charge on any atom is -0.444 e. The first-order valence-corrected chi connectivity index (χ1v) is 16.0. The first-order valence-electron chi connectivity index (χ1n) is 15.6. The second kappa shape index (κ2) is 11.8. The van der Waals surface area contributed by atoms with Crippen LogP contribution in [-0.4, -0.2) is 60.4 Å². The van der Waals surface area contributed by atoms with Crippen LogP contribution in [0.25, 0.3) is 22.6 Å². The Labute approximate surface area is 272 Å². The van der Waals surface area contributed by atoms with Crippen molar-refractivity contribution < 1.29 is 27.4 Å². The number of para-hydroxylation sites is 1. The smallest absolute Gasteiger partial charge is 0.297 e. The third-order valence-corrected chi connectivity index (χ3v) is 9.51. The molecule has 8 rings (SSSR count). The lowest BCUT2D eigenvalue weighted by molar-refractivity contribution is -0.0712. The van der Waals surface area contributed by atoms with E-state index in [-0.39, 0.29) is 23.4 Å². The fourth-order valence-corrected chi connectivity index (χ4v) is 6.85. The highest BCUT2D eigenvalue weighted by atomic mass is 35.5. The lowest BCUT2D eigenvalue weighted by Gasteiger charge is -2.33. The fourth-order valence-electron chi connectivity index (χ4n) is 6.69. The monoisotopic (exact) mass is 665 g/mol. The highest BCUT2D eigenvalue weighted by molar-refractivity contribution is 6.30. The zero-order chi connectivity index (χ0) is 32.3. The topological polar surface area (TPSA) is 103 Å². The number of H-pyrrole nitrogens is 1. The van der Waals surface area contributed by atoms with E-state index in [1.165, 1.54) is 6.07 Å². The summed E-state index contributed by atoms with van der Waals surface area (Å²) in [6.07, 6.45) is 1.82. The van der Waals surface area contributed by atoms with Crippen molar-refractivity contribution in [1.29, 1.82) is 0 Å². The zero-order valence-electron chi connectivity index (χ0n) is 25.4. The molecule has 2 fully saturated rings. The summed E-state index contributed by atoms with van der Waals surface area (Å²) in [7, 11) is 0. The van der Waals surface area contributed by atoms with Gasteiger partial charge < -0.3 is 23.8 Å². The van der Waals surface area contributed by atoms with E-state index in [9.17, 15) is 13.2 Å². The Kier molecular flexibility index (Phi) is 7.57. The van der Waals surface area contributed by atoms with Crippen LogP contribution < -0.4 is 9.47 Å². The van der Waals surface area contributed by atoms with Gasteiger partial charge in [0.1, 0.15) is 17.3 Å². The maximum absolute atomic E-state index is 14.9. The SMILES string of the molecule is C[C@]1(c2ccc(Cl)cc2F)Oc2cccc(C3CCN(Cc4nc5cc(-c6nnc(C(F)F)[nH]6)ncc5n4C[C@@H]4CCO4)CC3)c2O1. The Balaban J connectivity index is 0.997. The number of aromatic amines is 1. The zero-order valence-corrected chi connectivity index (χ0v) is 26.2. The van der Waals surface area contributed by atoms with Crippen molar-refractivity contribution in [1.82, 2.24) is 34.6 Å². The molecule has 47 heavy (non-hydrogen) atoms. The first-order chi connectivity index (χ1) is 22.7. The van der Waals surface area contributed by atoms with Crippen LogP contribution in [0, 0.1) is 5.82 Å². The minimum absolute atomic E-state index is 0.105. The number of rotatable bonds is 8. The number of nitrogens with zero attached hydrogens (tertiary/aromatic N) is 6. The van der Waals surface area contributed by atoms with Crippen molar-refractivity contribution in [3.8, 4) is 23.0 Å². The number of likely N-dealkylation sites (tertiary alicyclic amines) is 1. The number of pyridine rings is 1. The maximum atomic E-state index is 14.9. The highest BCUT2D eigenvalue weighted by Crippen LogP contribution is 2.50. The van der Waals surface area contributed by atoms with Crippen LogP contribution in [0.1, 0.15) is 61.3 Å². The van der Waals surface area contributed by atoms with Crippen LogP contribution >= 0.6 is 11.6 Å². The molecule has 14 heteroatoms. The van der Waals surface area contributed by atoms with Crippen LogP contribution in [-0.2, 0) is 23.6 Å². The Morgan fingerprint density at radius 2 is 1.91 bits per heavy atom. The molecule has 3 aliphatic heterocycles. The van der Waals surface area contributed by atoms with Crippen LogP contribution in [0.15, 0.2) is 48.7 Å². The molecular formula is C33H31ClF3N7O3. The maximum Gasteiger partial charge on any atom is 0.297 e. The third kappa shape index (κ3) is 5.59. The predicted octanol–water partition coefficient (Wildman–Crippen LogP) is 6.76. The van der Waals surface area contributed by atoms with Gasteiger partial charge >= 0.3 is 0 Å². The number of alkyl halides is 2. The third-order valence-electron chi connectivity index (χ3n) is 9.27. The summed E-state index contributed by atoms with van der Waals surface area (Å²) in [6, 6.07) is 12.1. The average molecular weight is 666 g/mol. The molecule has 2 aromatic carbocycles. The summed E-state index contributed by atoms with van der Waals surface area (Å²) in [5, 5.41) is 7.68. The molecular weight excluding hydrogens is 635 g/mol. The van der Waals surface area contributed by atoms with Crippen molar-refractivity contribution in [2.45, 2.75) is 63.5 Å². The van der Waals surface area contributed by atoms with Crippen molar-refractivity contribution in [2.24, 2.45) is 0 Å². The van der Waals surface area contributed by atoms with E-state index in [0.29, 0.717) is 40.8 Å². The van der Waals surface area contributed by atoms with E-state index < -0.39 is 23.9 Å². The lowest BCUT2D eigenvalue weighted by Crippen LogP contribution is -2.35. The Morgan fingerprint density at radius 3 is 2.64 bits per heavy atom. The number of aromatic nitrogens is 6. The molecule has 0 spiro atoms. The van der Waals surface area contributed by atoms with Gasteiger partial charge in [0.2, 0.25) is 0 Å². The quantitative estimate of drug-likeness (QED) is 0.194. The largest absolute Gasteiger partial charge is 0.444 e. The molecule has 6 heterocycles. The molecule has 3 aliphatic rings. The van der Waals surface area contributed by atoms with Gasteiger partial charge in [-0.05, 0) is 68.6 Å². The number of imidazole rings is 1. The van der Waals surface area contributed by atoms with Gasteiger partial charge in [-0.2, -0.15) is 0 Å². The van der Waals surface area contributed by atoms with Crippen molar-refractivity contribution in [3.05, 3.63) is 82.3 Å². The summed E-state index contributed by atoms with van der Waals surface area (Å²) in [5.41, 5.74) is 3.28. The summed E-state index contributed by atoms with van der Waals surface area (Å²) < 4.78 is 61.5. The minimum atomic E-state index is -2.75. The van der Waals surface area contributed by atoms with Crippen LogP contribution in [0.5, 0.6) is 11.5 Å². The Hall–Kier alpha value is -4.20. The number of hydrogen-bond acceptors (Lipinski definition) is 8. The highest BCUT2D eigenvalue weighted by Gasteiger charge is 2.43. The molecule has 244 valence electrons. The second-order valence-electron chi connectivity index (χ2n) is 12.3. The van der Waals surface area contributed by atoms with E-state index >= 15 is 0 Å². The van der Waals surface area contributed by atoms with Gasteiger partial charge in [0.05, 0.1) is 42.0 Å². The number of nitrogens with one attached hydrogen (secondary N) is 1. The molecule has 2 atom stereocenters. The van der Waals surface area contributed by atoms with Gasteiger partial charge in [0.25, 0.3) is 12.2 Å². The van der Waals surface area contributed by atoms with E-state index in [0.717, 1.165) is 55.9 Å². The van der Waals surface area contributed by atoms with Gasteiger partial charge in [-0.1, -0.05) is 23.7 Å². The molecule has 5 aromatic rings. The standard InChI is InChI=1S/C33H31ClF3N7O3/c1-33(22-6-5-19(34)13-23(22)35)46-27-4-2-3-21(29(27)47-33)18-7-10-43(11-8-18)17-28-39-24-14-25(31-40-32(30(36)37)42-41-31)38-15-26(24)44(28)16-20-9-12-45-20/h2-6,13-15,18,20,30H,7-12,16-17H2,1H3,(H,40,41,42)/t20-,33-/m0/s1. The summed E-state index contributed by atoms with van der Waals surface area (Å²) in [4.78, 5) is 14.4. The number of benzene rings is 2. The van der Waals surface area contributed by atoms with Gasteiger partial charge in [0, 0.05) is 24.1 Å². The molecule has 0 radical (unpaired) electrons. The van der Waals surface area contributed by atoms with Gasteiger partial charge in [-0.25, -0.2) is 18.2 Å². The number of fused-ring (bicyclic) bond motifs is 2. The molecule has 0 amide bonds. The van der Waals surface area contributed by atoms with Crippen LogP contribution in [0.4, 0.5) is 13.2 Å². The molecule has 1 N–H and O–H groups in total. The van der Waals surface area contributed by atoms with Crippen molar-refractivity contribution in [2.75, 3.05) is 19.7 Å². The number of ether oxygens (including phenoxy) is 3. The fraction of sp³-hybridized carbons (Fsp3) is 0.394. The van der Waals surface area contributed by atoms with Gasteiger partial charge in [0.15, 0.2) is 23.1 Å². The summed E-state index contributed by atoms with van der Waals surface area (Å²) >= 11 is 5.98. The molecule has 10 nitrogen and oxygen atoms in total. The van der Waals surface area contributed by atoms with E-state index in [4.69, 9.17) is 30.8 Å². The van der Waals surface area contributed by atoms with Crippen LogP contribution in [0.3, 0.4) is 0 Å². The van der Waals surface area contributed by atoms with Crippen molar-refractivity contribution >= 4 is 22.6 Å². The summed E-state index contributed by atoms with van der Waals surface area (Å²) in [6.45, 7) is 5.41. The van der Waals surface area contributed by atoms with Gasteiger partial charge in [-0.15, -0.1) is 10.2 Å². The number of hydrogen-bond donors (Lipinski definition) is 1. The van der Waals surface area contributed by atoms with E-state index in [1.54, 1.807) is 31.3 Å². The van der Waals surface area contributed by atoms with Gasteiger partial charge in [-0.3, -0.25) is 9.88 Å². The Bertz CT molecular complexity index is 1960. The molecule has 3 aromatic heterocycles. The molecule has 0 bridgehead atoms. The average Bonchev–Trinajstić information content (AvgIpc) is 3.74. The molecule has 0 saturated carbocycles. The number of piperidine rings is 1. The van der Waals surface area contributed by atoms with Crippen LogP contribution in [0.2, 0.25) is 5.02 Å². The van der Waals surface area contributed by atoms with E-state index in [2.05, 4.69) is 35.7 Å². The summed E-state index contributed by atoms with van der Waals surface area (Å²) in [5.74, 6) is 0.255. The Morgan fingerprint density at radius 1 is 1.09 bits per heavy atom. The van der Waals surface area contributed by atoms with Crippen molar-refractivity contribution in [3.63, 3.8) is 0 Å². The normalized spacial score (nSPS) is 21.5. The molecule has 2 saturated heterocycles. The molecule has 0 aliphatic carbocycles.